The van der Waals surface area contributed by atoms with Crippen molar-refractivity contribution in [3.63, 3.8) is 0 Å². The van der Waals surface area contributed by atoms with Crippen LogP contribution in [0.5, 0.6) is 5.75 Å². The molecular formula is C24H31NO3. The molecule has 150 valence electrons. The van der Waals surface area contributed by atoms with Gasteiger partial charge in [-0.1, -0.05) is 42.5 Å². The van der Waals surface area contributed by atoms with E-state index < -0.39 is 5.41 Å². The third kappa shape index (κ3) is 5.59. The van der Waals surface area contributed by atoms with Gasteiger partial charge in [0.05, 0.1) is 12.0 Å². The van der Waals surface area contributed by atoms with Crippen LogP contribution in [0.4, 0.5) is 0 Å². The zero-order valence-electron chi connectivity index (χ0n) is 17.1. The van der Waals surface area contributed by atoms with Crippen molar-refractivity contribution in [2.75, 3.05) is 19.7 Å². The number of carbonyl (C=O) groups is 1. The molecule has 0 aromatic heterocycles. The van der Waals surface area contributed by atoms with Gasteiger partial charge in [-0.25, -0.2) is 0 Å². The minimum absolute atomic E-state index is 0.138. The van der Waals surface area contributed by atoms with Crippen LogP contribution in [0.15, 0.2) is 54.6 Å². The van der Waals surface area contributed by atoms with Gasteiger partial charge in [0, 0.05) is 12.5 Å². The maximum atomic E-state index is 12.1. The highest BCUT2D eigenvalue weighted by Gasteiger charge is 2.30. The molecule has 1 fully saturated rings. The van der Waals surface area contributed by atoms with Crippen molar-refractivity contribution in [1.29, 1.82) is 0 Å². The lowest BCUT2D eigenvalue weighted by atomic mass is 9.81. The molecule has 0 radical (unpaired) electrons. The smallest absolute Gasteiger partial charge is 0.311 e. The highest BCUT2D eigenvalue weighted by atomic mass is 16.5. The maximum Gasteiger partial charge on any atom is 0.311 e. The molecule has 0 bridgehead atoms. The monoisotopic (exact) mass is 381 g/mol. The van der Waals surface area contributed by atoms with Gasteiger partial charge in [-0.05, 0) is 62.9 Å². The van der Waals surface area contributed by atoms with Gasteiger partial charge >= 0.3 is 5.97 Å². The normalized spacial score (nSPS) is 19.8. The Morgan fingerprint density at radius 3 is 2.46 bits per heavy atom. The second kappa shape index (κ2) is 9.24. The van der Waals surface area contributed by atoms with Crippen molar-refractivity contribution >= 4 is 5.97 Å². The summed E-state index contributed by atoms with van der Waals surface area (Å²) >= 11 is 0. The quantitative estimate of drug-likeness (QED) is 0.746. The molecule has 1 aliphatic rings. The first kappa shape index (κ1) is 20.4. The lowest BCUT2D eigenvalue weighted by Gasteiger charge is -2.33. The van der Waals surface area contributed by atoms with E-state index >= 15 is 0 Å². The molecule has 0 spiro atoms. The molecule has 1 saturated heterocycles. The maximum absolute atomic E-state index is 12.1. The third-order valence-electron chi connectivity index (χ3n) is 5.21. The van der Waals surface area contributed by atoms with Crippen LogP contribution in [0.2, 0.25) is 0 Å². The first-order chi connectivity index (χ1) is 13.4. The Morgan fingerprint density at radius 1 is 1.07 bits per heavy atom. The fraction of sp³-hybridized carbons (Fsp3) is 0.458. The van der Waals surface area contributed by atoms with Gasteiger partial charge in [-0.2, -0.15) is 0 Å². The predicted molar refractivity (Wildman–Crippen MR) is 111 cm³/mol. The summed E-state index contributed by atoms with van der Waals surface area (Å²) < 4.78 is 11.5. The van der Waals surface area contributed by atoms with E-state index in [9.17, 15) is 4.79 Å². The summed E-state index contributed by atoms with van der Waals surface area (Å²) in [7, 11) is 0. The number of benzene rings is 2. The van der Waals surface area contributed by atoms with E-state index in [2.05, 4.69) is 29.6 Å². The summed E-state index contributed by atoms with van der Waals surface area (Å²) in [6.45, 7) is 8.55. The van der Waals surface area contributed by atoms with Crippen LogP contribution >= 0.6 is 0 Å². The number of hydrogen-bond donors (Lipinski definition) is 1. The van der Waals surface area contributed by atoms with E-state index in [-0.39, 0.29) is 11.9 Å². The Kier molecular flexibility index (Phi) is 6.74. The summed E-state index contributed by atoms with van der Waals surface area (Å²) in [5.74, 6) is 1.41. The van der Waals surface area contributed by atoms with E-state index in [1.165, 1.54) is 5.56 Å². The second-order valence-electron chi connectivity index (χ2n) is 8.55. The van der Waals surface area contributed by atoms with Crippen molar-refractivity contribution in [2.45, 2.75) is 39.7 Å². The molecule has 2 atom stereocenters. The van der Waals surface area contributed by atoms with Gasteiger partial charge in [0.25, 0.3) is 0 Å². The molecule has 1 heterocycles. The molecule has 0 saturated carbocycles. The number of ether oxygens (including phenoxy) is 2. The minimum atomic E-state index is -0.463. The van der Waals surface area contributed by atoms with Gasteiger partial charge < -0.3 is 14.8 Å². The van der Waals surface area contributed by atoms with Crippen LogP contribution in [0, 0.1) is 11.3 Å². The van der Waals surface area contributed by atoms with Gasteiger partial charge in [-0.3, -0.25) is 4.79 Å². The van der Waals surface area contributed by atoms with Crippen LogP contribution in [0.1, 0.15) is 44.2 Å². The topological polar surface area (TPSA) is 47.6 Å². The number of esters is 1. The van der Waals surface area contributed by atoms with E-state index in [1.807, 2.05) is 51.1 Å². The molecule has 1 N–H and O–H groups in total. The lowest BCUT2D eigenvalue weighted by Crippen LogP contribution is -2.39. The SMILES string of the molecule is CC(C)(C)C(=O)OCC1CNCCC1c1ccc(OCc2ccccc2)cc1. The highest BCUT2D eigenvalue weighted by molar-refractivity contribution is 5.75. The highest BCUT2D eigenvalue weighted by Crippen LogP contribution is 2.32. The van der Waals surface area contributed by atoms with Crippen LogP contribution in [0.3, 0.4) is 0 Å². The van der Waals surface area contributed by atoms with Gasteiger partial charge in [0.1, 0.15) is 12.4 Å². The molecule has 4 heteroatoms. The number of hydrogen-bond acceptors (Lipinski definition) is 4. The Bertz CT molecular complexity index is 750. The molecule has 3 rings (SSSR count). The second-order valence-corrected chi connectivity index (χ2v) is 8.55. The fourth-order valence-electron chi connectivity index (χ4n) is 3.49. The average Bonchev–Trinajstić information content (AvgIpc) is 2.71. The van der Waals surface area contributed by atoms with Gasteiger partial charge in [0.2, 0.25) is 0 Å². The average molecular weight is 382 g/mol. The standard InChI is InChI=1S/C24H31NO3/c1-24(2,3)23(26)28-17-20-15-25-14-13-22(20)19-9-11-21(12-10-19)27-16-18-7-5-4-6-8-18/h4-12,20,22,25H,13-17H2,1-3H3. The van der Waals surface area contributed by atoms with Gasteiger partial charge in [0.15, 0.2) is 0 Å². The number of nitrogens with one attached hydrogen (secondary N) is 1. The number of rotatable bonds is 6. The van der Waals surface area contributed by atoms with Crippen LogP contribution in [-0.4, -0.2) is 25.7 Å². The summed E-state index contributed by atoms with van der Waals surface area (Å²) in [5, 5.41) is 3.43. The lowest BCUT2D eigenvalue weighted by molar-refractivity contribution is -0.154. The number of piperidine rings is 1. The molecule has 2 unspecified atom stereocenters. The Labute approximate surface area is 168 Å². The zero-order chi connectivity index (χ0) is 20.0. The minimum Gasteiger partial charge on any atom is -0.489 e. The zero-order valence-corrected chi connectivity index (χ0v) is 17.1. The largest absolute Gasteiger partial charge is 0.489 e. The van der Waals surface area contributed by atoms with E-state index in [0.717, 1.165) is 30.8 Å². The van der Waals surface area contributed by atoms with E-state index in [1.54, 1.807) is 0 Å². The van der Waals surface area contributed by atoms with Crippen molar-refractivity contribution in [1.82, 2.24) is 5.32 Å². The predicted octanol–water partition coefficient (Wildman–Crippen LogP) is 4.55. The molecule has 4 nitrogen and oxygen atoms in total. The van der Waals surface area contributed by atoms with Crippen molar-refractivity contribution in [2.24, 2.45) is 11.3 Å². The fourth-order valence-corrected chi connectivity index (χ4v) is 3.49. The third-order valence-corrected chi connectivity index (χ3v) is 5.21. The van der Waals surface area contributed by atoms with Crippen molar-refractivity contribution < 1.29 is 14.3 Å². The Morgan fingerprint density at radius 2 is 1.79 bits per heavy atom. The van der Waals surface area contributed by atoms with Crippen molar-refractivity contribution in [3.8, 4) is 5.75 Å². The van der Waals surface area contributed by atoms with Crippen LogP contribution in [0.25, 0.3) is 0 Å². The van der Waals surface area contributed by atoms with Crippen LogP contribution < -0.4 is 10.1 Å². The van der Waals surface area contributed by atoms with E-state index in [4.69, 9.17) is 9.47 Å². The Balaban J connectivity index is 1.59. The number of carbonyl (C=O) groups excluding carboxylic acids is 1. The summed E-state index contributed by atoms with van der Waals surface area (Å²) in [5.41, 5.74) is 1.98. The molecule has 2 aromatic rings. The first-order valence-corrected chi connectivity index (χ1v) is 10.1. The van der Waals surface area contributed by atoms with Gasteiger partial charge in [-0.15, -0.1) is 0 Å². The molecule has 2 aromatic carbocycles. The summed E-state index contributed by atoms with van der Waals surface area (Å²) in [6.07, 6.45) is 1.04. The molecule has 0 aliphatic carbocycles. The van der Waals surface area contributed by atoms with E-state index in [0.29, 0.717) is 19.1 Å². The molecule has 1 aliphatic heterocycles. The Hall–Kier alpha value is -2.33. The molecular weight excluding hydrogens is 350 g/mol. The summed E-state index contributed by atoms with van der Waals surface area (Å²) in [6, 6.07) is 18.5. The van der Waals surface area contributed by atoms with Crippen LogP contribution in [-0.2, 0) is 16.1 Å². The van der Waals surface area contributed by atoms with Crippen molar-refractivity contribution in [3.05, 3.63) is 65.7 Å². The summed E-state index contributed by atoms with van der Waals surface area (Å²) in [4.78, 5) is 12.1. The molecule has 28 heavy (non-hydrogen) atoms. The molecule has 0 amide bonds. The first-order valence-electron chi connectivity index (χ1n) is 10.1.